The predicted octanol–water partition coefficient (Wildman–Crippen LogP) is 0.836. The highest BCUT2D eigenvalue weighted by atomic mass is 16.6. The molecule has 0 aromatic carbocycles. The number of ether oxygens (including phenoxy) is 2. The molecule has 0 spiro atoms. The van der Waals surface area contributed by atoms with Crippen LogP contribution in [0.2, 0.25) is 0 Å². The number of nitrogens with two attached hydrogens (primary N) is 1. The third kappa shape index (κ3) is 3.27. The standard InChI is InChI=1S/C10H19NO3/c1-2-3-6-13-10(12)9-5-4-8(7-11)14-9/h8-9H,2-7,11H2,1H3. The fraction of sp³-hybridized carbons (Fsp3) is 0.900. The van der Waals surface area contributed by atoms with Crippen LogP contribution in [0, 0.1) is 0 Å². The minimum atomic E-state index is -0.375. The third-order valence-electron chi connectivity index (χ3n) is 2.38. The molecule has 0 aromatic heterocycles. The molecule has 2 N–H and O–H groups in total. The van der Waals surface area contributed by atoms with E-state index >= 15 is 0 Å². The third-order valence-corrected chi connectivity index (χ3v) is 2.38. The Bertz CT molecular complexity index is 184. The highest BCUT2D eigenvalue weighted by molar-refractivity contribution is 5.74. The smallest absolute Gasteiger partial charge is 0.335 e. The van der Waals surface area contributed by atoms with Gasteiger partial charge >= 0.3 is 5.97 Å². The quantitative estimate of drug-likeness (QED) is 0.529. The molecule has 4 nitrogen and oxygen atoms in total. The van der Waals surface area contributed by atoms with Crippen molar-refractivity contribution >= 4 is 5.97 Å². The van der Waals surface area contributed by atoms with Crippen LogP contribution in [0.5, 0.6) is 0 Å². The zero-order valence-electron chi connectivity index (χ0n) is 8.70. The summed E-state index contributed by atoms with van der Waals surface area (Å²) in [6.45, 7) is 3.05. The molecule has 0 radical (unpaired) electrons. The van der Waals surface area contributed by atoms with Gasteiger partial charge in [0.1, 0.15) is 0 Å². The number of esters is 1. The maximum atomic E-state index is 11.4. The number of rotatable bonds is 5. The first kappa shape index (κ1) is 11.5. The van der Waals surface area contributed by atoms with Gasteiger partial charge in [-0.1, -0.05) is 13.3 Å². The van der Waals surface area contributed by atoms with Gasteiger partial charge in [-0.25, -0.2) is 4.79 Å². The molecule has 1 aliphatic heterocycles. The topological polar surface area (TPSA) is 61.5 Å². The second-order valence-corrected chi connectivity index (χ2v) is 3.58. The largest absolute Gasteiger partial charge is 0.464 e. The van der Waals surface area contributed by atoms with Crippen LogP contribution in [0.3, 0.4) is 0 Å². The number of unbranched alkanes of at least 4 members (excludes halogenated alkanes) is 1. The number of hydrogen-bond donors (Lipinski definition) is 1. The van der Waals surface area contributed by atoms with Gasteiger partial charge in [-0.2, -0.15) is 0 Å². The molecule has 0 aromatic rings. The molecule has 1 heterocycles. The summed E-state index contributed by atoms with van der Waals surface area (Å²) >= 11 is 0. The van der Waals surface area contributed by atoms with Crippen molar-refractivity contribution in [2.75, 3.05) is 13.2 Å². The fourth-order valence-corrected chi connectivity index (χ4v) is 1.46. The molecule has 0 saturated carbocycles. The number of carbonyl (C=O) groups excluding carboxylic acids is 1. The Balaban J connectivity index is 2.18. The zero-order chi connectivity index (χ0) is 10.4. The first-order chi connectivity index (χ1) is 6.77. The average Bonchev–Trinajstić information content (AvgIpc) is 2.66. The Morgan fingerprint density at radius 3 is 2.93 bits per heavy atom. The van der Waals surface area contributed by atoms with Crippen molar-refractivity contribution in [2.45, 2.75) is 44.8 Å². The highest BCUT2D eigenvalue weighted by Gasteiger charge is 2.30. The maximum Gasteiger partial charge on any atom is 0.335 e. The molecule has 1 fully saturated rings. The van der Waals surface area contributed by atoms with E-state index < -0.39 is 0 Å². The zero-order valence-corrected chi connectivity index (χ0v) is 8.70. The Hall–Kier alpha value is -0.610. The molecular formula is C10H19NO3. The Morgan fingerprint density at radius 1 is 1.57 bits per heavy atom. The first-order valence-electron chi connectivity index (χ1n) is 5.30. The first-order valence-corrected chi connectivity index (χ1v) is 5.30. The van der Waals surface area contributed by atoms with Gasteiger partial charge in [0.05, 0.1) is 12.7 Å². The van der Waals surface area contributed by atoms with Crippen LogP contribution >= 0.6 is 0 Å². The summed E-state index contributed by atoms with van der Waals surface area (Å²) in [6, 6.07) is 0. The summed E-state index contributed by atoms with van der Waals surface area (Å²) in [5, 5.41) is 0. The van der Waals surface area contributed by atoms with Crippen LogP contribution in [-0.4, -0.2) is 31.3 Å². The average molecular weight is 201 g/mol. The minimum Gasteiger partial charge on any atom is -0.464 e. The Morgan fingerprint density at radius 2 is 2.36 bits per heavy atom. The molecular weight excluding hydrogens is 182 g/mol. The van der Waals surface area contributed by atoms with Crippen LogP contribution in [0.4, 0.5) is 0 Å². The Kier molecular flexibility index (Phi) is 4.90. The minimum absolute atomic E-state index is 0.0405. The molecule has 2 atom stereocenters. The van der Waals surface area contributed by atoms with Gasteiger partial charge in [-0.15, -0.1) is 0 Å². The summed E-state index contributed by atoms with van der Waals surface area (Å²) in [7, 11) is 0. The van der Waals surface area contributed by atoms with Gasteiger partial charge < -0.3 is 15.2 Å². The SMILES string of the molecule is CCCCOC(=O)C1CCC(CN)O1. The van der Waals surface area contributed by atoms with Crippen LogP contribution < -0.4 is 5.73 Å². The summed E-state index contributed by atoms with van der Waals surface area (Å²) < 4.78 is 10.5. The van der Waals surface area contributed by atoms with E-state index in [4.69, 9.17) is 15.2 Å². The molecule has 14 heavy (non-hydrogen) atoms. The number of carbonyl (C=O) groups is 1. The van der Waals surface area contributed by atoms with Crippen molar-refractivity contribution in [3.8, 4) is 0 Å². The van der Waals surface area contributed by atoms with Crippen molar-refractivity contribution in [1.82, 2.24) is 0 Å². The van der Waals surface area contributed by atoms with E-state index in [1.807, 2.05) is 0 Å². The van der Waals surface area contributed by atoms with Gasteiger partial charge in [0.25, 0.3) is 0 Å². The van der Waals surface area contributed by atoms with E-state index in [0.29, 0.717) is 13.2 Å². The van der Waals surface area contributed by atoms with Crippen LogP contribution in [-0.2, 0) is 14.3 Å². The molecule has 4 heteroatoms. The van der Waals surface area contributed by atoms with Crippen LogP contribution in [0.1, 0.15) is 32.6 Å². The van der Waals surface area contributed by atoms with Gasteiger partial charge in [0.15, 0.2) is 6.10 Å². The molecule has 0 aliphatic carbocycles. The van der Waals surface area contributed by atoms with Crippen molar-refractivity contribution < 1.29 is 14.3 Å². The van der Waals surface area contributed by atoms with Crippen molar-refractivity contribution in [2.24, 2.45) is 5.73 Å². The van der Waals surface area contributed by atoms with E-state index in [-0.39, 0.29) is 18.2 Å². The molecule has 1 rings (SSSR count). The lowest BCUT2D eigenvalue weighted by atomic mass is 10.2. The summed E-state index contributed by atoms with van der Waals surface area (Å²) in [6.07, 6.45) is 3.22. The molecule has 0 bridgehead atoms. The van der Waals surface area contributed by atoms with Gasteiger partial charge in [0.2, 0.25) is 0 Å². The molecule has 1 saturated heterocycles. The van der Waals surface area contributed by atoms with Crippen molar-refractivity contribution in [3.05, 3.63) is 0 Å². The van der Waals surface area contributed by atoms with E-state index in [1.165, 1.54) is 0 Å². The summed E-state index contributed by atoms with van der Waals surface area (Å²) in [5.41, 5.74) is 5.44. The Labute approximate surface area is 84.7 Å². The van der Waals surface area contributed by atoms with Gasteiger partial charge in [0, 0.05) is 6.54 Å². The lowest BCUT2D eigenvalue weighted by Gasteiger charge is -2.11. The van der Waals surface area contributed by atoms with Gasteiger partial charge in [-0.05, 0) is 19.3 Å². The molecule has 1 aliphatic rings. The van der Waals surface area contributed by atoms with Crippen molar-refractivity contribution in [1.29, 1.82) is 0 Å². The predicted molar refractivity (Wildman–Crippen MR) is 52.8 cm³/mol. The monoisotopic (exact) mass is 201 g/mol. The van der Waals surface area contributed by atoms with E-state index in [2.05, 4.69) is 6.92 Å². The highest BCUT2D eigenvalue weighted by Crippen LogP contribution is 2.19. The second kappa shape index (κ2) is 5.98. The van der Waals surface area contributed by atoms with Crippen molar-refractivity contribution in [3.63, 3.8) is 0 Å². The summed E-state index contributed by atoms with van der Waals surface area (Å²) in [4.78, 5) is 11.4. The number of hydrogen-bond acceptors (Lipinski definition) is 4. The fourth-order valence-electron chi connectivity index (χ4n) is 1.46. The molecule has 0 amide bonds. The lowest BCUT2D eigenvalue weighted by molar-refractivity contribution is -0.156. The summed E-state index contributed by atoms with van der Waals surface area (Å²) in [5.74, 6) is -0.227. The lowest BCUT2D eigenvalue weighted by Crippen LogP contribution is -2.26. The normalized spacial score (nSPS) is 26.4. The van der Waals surface area contributed by atoms with Crippen LogP contribution in [0.15, 0.2) is 0 Å². The second-order valence-electron chi connectivity index (χ2n) is 3.58. The maximum absolute atomic E-state index is 11.4. The molecule has 2 unspecified atom stereocenters. The van der Waals surface area contributed by atoms with E-state index in [0.717, 1.165) is 25.7 Å². The van der Waals surface area contributed by atoms with Crippen LogP contribution in [0.25, 0.3) is 0 Å². The van der Waals surface area contributed by atoms with E-state index in [9.17, 15) is 4.79 Å². The van der Waals surface area contributed by atoms with E-state index in [1.54, 1.807) is 0 Å². The van der Waals surface area contributed by atoms with Gasteiger partial charge in [-0.3, -0.25) is 0 Å². The molecule has 82 valence electrons.